The van der Waals surface area contributed by atoms with Crippen LogP contribution in [0.25, 0.3) is 60.1 Å². The second-order valence-electron chi connectivity index (χ2n) is 17.0. The Morgan fingerprint density at radius 2 is 0.877 bits per heavy atom. The third-order valence-electron chi connectivity index (χ3n) is 13.8. The van der Waals surface area contributed by atoms with Gasteiger partial charge in [-0.05, 0) is 169 Å². The normalized spacial score (nSPS) is 14.2. The third-order valence-corrected chi connectivity index (χ3v) is 13.8. The predicted molar refractivity (Wildman–Crippen MR) is 265 cm³/mol. The Labute approximate surface area is 377 Å². The van der Waals surface area contributed by atoms with Crippen LogP contribution in [0.2, 0.25) is 0 Å². The molecule has 1 spiro atoms. The Morgan fingerprint density at radius 1 is 0.385 bits per heavy atom. The lowest BCUT2D eigenvalue weighted by atomic mass is 9.70. The van der Waals surface area contributed by atoms with E-state index in [2.05, 4.69) is 203 Å². The van der Waals surface area contributed by atoms with Crippen molar-refractivity contribution in [3.05, 3.63) is 258 Å². The first-order valence-corrected chi connectivity index (χ1v) is 21.9. The minimum atomic E-state index is -0.704. The number of fused-ring (bicyclic) bond motifs is 14. The standard InChI is InChI=1S/C61H36N4/c1-63-40-25-29-44(30-26-40)65(42-15-6-3-7-16-42)46-32-34-50-49-33-31-45(64(41-13-4-2-5-14-41)43-27-23-39(38-62)24-28-43)35-56(49)61(57(50)36-46)55-22-11-10-19-52(55)60-53-21-12-20-51-47-17-8-9-18-48(47)54(59(51)53)37-58(60)61/h2-37H. The van der Waals surface area contributed by atoms with Crippen LogP contribution < -0.4 is 9.80 Å². The van der Waals surface area contributed by atoms with Gasteiger partial charge < -0.3 is 9.80 Å². The first-order chi connectivity index (χ1) is 32.1. The summed E-state index contributed by atoms with van der Waals surface area (Å²) in [6.45, 7) is 7.68. The molecule has 0 radical (unpaired) electrons. The Morgan fingerprint density at radius 3 is 1.46 bits per heavy atom. The van der Waals surface area contributed by atoms with Gasteiger partial charge in [-0.2, -0.15) is 5.26 Å². The van der Waals surface area contributed by atoms with Gasteiger partial charge in [0.2, 0.25) is 0 Å². The molecule has 1 unspecified atom stereocenters. The van der Waals surface area contributed by atoms with Gasteiger partial charge >= 0.3 is 0 Å². The number of benzene rings is 10. The molecule has 300 valence electrons. The first-order valence-electron chi connectivity index (χ1n) is 21.9. The van der Waals surface area contributed by atoms with E-state index in [1.165, 1.54) is 77.5 Å². The van der Waals surface area contributed by atoms with Gasteiger partial charge in [0.05, 0.1) is 23.6 Å². The molecular weight excluding hydrogens is 789 g/mol. The monoisotopic (exact) mass is 824 g/mol. The van der Waals surface area contributed by atoms with Gasteiger partial charge in [0.15, 0.2) is 5.69 Å². The zero-order valence-corrected chi connectivity index (χ0v) is 35.1. The first kappa shape index (κ1) is 36.7. The Balaban J connectivity index is 1.13. The van der Waals surface area contributed by atoms with Crippen LogP contribution in [0.3, 0.4) is 0 Å². The van der Waals surface area contributed by atoms with E-state index in [4.69, 9.17) is 6.57 Å². The van der Waals surface area contributed by atoms with Crippen molar-refractivity contribution in [1.82, 2.24) is 0 Å². The van der Waals surface area contributed by atoms with E-state index in [1.807, 2.05) is 36.4 Å². The summed E-state index contributed by atoms with van der Waals surface area (Å²) in [5.74, 6) is 0. The molecule has 0 saturated heterocycles. The molecule has 0 saturated carbocycles. The quantitative estimate of drug-likeness (QED) is 0.157. The van der Waals surface area contributed by atoms with Crippen LogP contribution in [-0.2, 0) is 5.41 Å². The van der Waals surface area contributed by atoms with Crippen LogP contribution in [0, 0.1) is 17.9 Å². The highest BCUT2D eigenvalue weighted by atomic mass is 15.1. The lowest BCUT2D eigenvalue weighted by Gasteiger charge is -2.33. The number of hydrogen-bond donors (Lipinski definition) is 0. The van der Waals surface area contributed by atoms with Crippen molar-refractivity contribution in [3.8, 4) is 50.6 Å². The number of hydrogen-bond acceptors (Lipinski definition) is 3. The van der Waals surface area contributed by atoms with Crippen molar-refractivity contribution in [3.63, 3.8) is 0 Å². The molecule has 4 heteroatoms. The molecule has 0 bridgehead atoms. The van der Waals surface area contributed by atoms with Gasteiger partial charge in [0, 0.05) is 34.1 Å². The molecule has 0 amide bonds. The minimum absolute atomic E-state index is 0.607. The maximum atomic E-state index is 9.76. The molecule has 0 aromatic heterocycles. The van der Waals surface area contributed by atoms with E-state index in [-0.39, 0.29) is 0 Å². The van der Waals surface area contributed by atoms with E-state index in [1.54, 1.807) is 0 Å². The molecule has 10 aromatic rings. The van der Waals surface area contributed by atoms with Gasteiger partial charge in [-0.3, -0.25) is 0 Å². The summed E-state index contributed by atoms with van der Waals surface area (Å²) in [6.07, 6.45) is 0. The molecule has 1 atom stereocenters. The average molecular weight is 825 g/mol. The fourth-order valence-corrected chi connectivity index (χ4v) is 11.2. The highest BCUT2D eigenvalue weighted by Crippen LogP contribution is 2.66. The zero-order valence-electron chi connectivity index (χ0n) is 35.1. The summed E-state index contributed by atoms with van der Waals surface area (Å²) in [7, 11) is 0. The lowest BCUT2D eigenvalue weighted by molar-refractivity contribution is 0.794. The molecule has 13 rings (SSSR count). The molecule has 0 aliphatic heterocycles. The highest BCUT2D eigenvalue weighted by Gasteiger charge is 2.53. The van der Waals surface area contributed by atoms with Gasteiger partial charge in [0.1, 0.15) is 0 Å². The van der Waals surface area contributed by atoms with Crippen LogP contribution >= 0.6 is 0 Å². The summed E-state index contributed by atoms with van der Waals surface area (Å²) >= 11 is 0. The number of rotatable bonds is 6. The Kier molecular flexibility index (Phi) is 7.91. The summed E-state index contributed by atoms with van der Waals surface area (Å²) in [6, 6.07) is 80.4. The predicted octanol–water partition coefficient (Wildman–Crippen LogP) is 16.2. The highest BCUT2D eigenvalue weighted by molar-refractivity contribution is 6.21. The average Bonchev–Trinajstić information content (AvgIpc) is 3.97. The molecule has 0 fully saturated rings. The van der Waals surface area contributed by atoms with Crippen molar-refractivity contribution in [2.24, 2.45) is 0 Å². The van der Waals surface area contributed by atoms with Gasteiger partial charge in [-0.15, -0.1) is 0 Å². The van der Waals surface area contributed by atoms with Crippen molar-refractivity contribution >= 4 is 50.6 Å². The second-order valence-corrected chi connectivity index (χ2v) is 17.0. The van der Waals surface area contributed by atoms with Crippen LogP contribution in [0.15, 0.2) is 218 Å². The fourth-order valence-electron chi connectivity index (χ4n) is 11.2. The minimum Gasteiger partial charge on any atom is -0.311 e. The summed E-state index contributed by atoms with van der Waals surface area (Å²) in [5, 5.41) is 12.3. The van der Waals surface area contributed by atoms with Crippen molar-refractivity contribution in [1.29, 1.82) is 5.26 Å². The van der Waals surface area contributed by atoms with E-state index in [0.717, 1.165) is 34.1 Å². The van der Waals surface area contributed by atoms with Crippen molar-refractivity contribution in [2.45, 2.75) is 5.41 Å². The molecule has 3 aliphatic rings. The summed E-state index contributed by atoms with van der Waals surface area (Å²) in [5.41, 5.74) is 21.6. The van der Waals surface area contributed by atoms with Crippen LogP contribution in [0.5, 0.6) is 0 Å². The van der Waals surface area contributed by atoms with Gasteiger partial charge in [0.25, 0.3) is 0 Å². The fraction of sp³-hybridized carbons (Fsp3) is 0.0164. The van der Waals surface area contributed by atoms with Gasteiger partial charge in [-0.25, -0.2) is 4.85 Å². The van der Waals surface area contributed by atoms with E-state index in [9.17, 15) is 5.26 Å². The van der Waals surface area contributed by atoms with Crippen molar-refractivity contribution in [2.75, 3.05) is 9.80 Å². The van der Waals surface area contributed by atoms with E-state index >= 15 is 0 Å². The maximum absolute atomic E-state index is 9.76. The van der Waals surface area contributed by atoms with Crippen LogP contribution in [0.4, 0.5) is 39.8 Å². The molecule has 4 nitrogen and oxygen atoms in total. The molecule has 0 heterocycles. The van der Waals surface area contributed by atoms with Crippen LogP contribution in [-0.4, -0.2) is 0 Å². The third kappa shape index (κ3) is 5.17. The number of nitriles is 1. The second kappa shape index (κ2) is 14.0. The molecular formula is C61H36N4. The molecule has 65 heavy (non-hydrogen) atoms. The van der Waals surface area contributed by atoms with Crippen molar-refractivity contribution < 1.29 is 0 Å². The molecule has 3 aliphatic carbocycles. The van der Waals surface area contributed by atoms with Gasteiger partial charge in [-0.1, -0.05) is 127 Å². The number of para-hydroxylation sites is 2. The molecule has 0 N–H and O–H groups in total. The maximum Gasteiger partial charge on any atom is 0.187 e. The largest absolute Gasteiger partial charge is 0.311 e. The Hall–Kier alpha value is -8.96. The smallest absolute Gasteiger partial charge is 0.187 e. The SMILES string of the molecule is [C-]#[N+]c1ccc(N(c2ccccc2)c2ccc3c(c2)C2(c4cc(N(c5ccccc5)c5ccc(C#N)cc5)ccc4-3)c3ccccc3-c3c2cc2c4c(cccc34)-c3ccccc3-2)cc1. The molecule has 10 aromatic carbocycles. The zero-order chi connectivity index (χ0) is 43.2. The topological polar surface area (TPSA) is 34.6 Å². The lowest BCUT2D eigenvalue weighted by Crippen LogP contribution is -2.26. The van der Waals surface area contributed by atoms with Crippen LogP contribution in [0.1, 0.15) is 27.8 Å². The number of anilines is 6. The number of nitrogens with zero attached hydrogens (tertiary/aromatic N) is 4. The van der Waals surface area contributed by atoms with E-state index < -0.39 is 5.41 Å². The Bertz CT molecular complexity index is 3520. The summed E-state index contributed by atoms with van der Waals surface area (Å²) in [4.78, 5) is 8.32. The van der Waals surface area contributed by atoms with E-state index in [0.29, 0.717) is 11.3 Å². The summed E-state index contributed by atoms with van der Waals surface area (Å²) < 4.78 is 0.